The molecule has 2 aliphatic carbocycles. The van der Waals surface area contributed by atoms with Crippen LogP contribution in [0, 0.1) is 29.6 Å². The molecular formula is C23H40O3. The zero-order valence-corrected chi connectivity index (χ0v) is 16.8. The van der Waals surface area contributed by atoms with Gasteiger partial charge in [0.25, 0.3) is 0 Å². The molecule has 0 spiro atoms. The lowest BCUT2D eigenvalue weighted by Gasteiger charge is -2.39. The quantitative estimate of drug-likeness (QED) is 0.410. The maximum absolute atomic E-state index is 11.0. The summed E-state index contributed by atoms with van der Waals surface area (Å²) in [5, 5.41) is 9.40. The van der Waals surface area contributed by atoms with E-state index >= 15 is 0 Å². The highest BCUT2D eigenvalue weighted by molar-refractivity contribution is 5.65. The van der Waals surface area contributed by atoms with Crippen LogP contribution in [-0.2, 0) is 9.53 Å². The largest absolute Gasteiger partial charge is 0.466 e. The maximum atomic E-state index is 11.0. The third-order valence-electron chi connectivity index (χ3n) is 7.11. The Balaban J connectivity index is 1.71. The first-order valence-corrected chi connectivity index (χ1v) is 11.0. The summed E-state index contributed by atoms with van der Waals surface area (Å²) < 4.78 is 5.14. The van der Waals surface area contributed by atoms with E-state index in [0.29, 0.717) is 18.4 Å². The lowest BCUT2D eigenvalue weighted by Crippen LogP contribution is -2.29. The van der Waals surface area contributed by atoms with Crippen molar-refractivity contribution in [1.29, 1.82) is 0 Å². The first-order valence-electron chi connectivity index (χ1n) is 11.0. The van der Waals surface area contributed by atoms with Crippen molar-refractivity contribution >= 4 is 5.97 Å². The number of carbonyl (C=O) groups excluding carboxylic acids is 1. The molecule has 0 bridgehead atoms. The SMILES string of the molecule is C=CCCC1CCC(C2CCC(C(CCO)CCOC(C)=O)CC2)CC1. The number of carbonyl (C=O) groups is 1. The molecule has 2 rings (SSSR count). The summed E-state index contributed by atoms with van der Waals surface area (Å²) in [7, 11) is 0. The molecule has 0 saturated heterocycles. The molecule has 0 aromatic carbocycles. The van der Waals surface area contributed by atoms with Crippen LogP contribution < -0.4 is 0 Å². The van der Waals surface area contributed by atoms with E-state index in [-0.39, 0.29) is 12.6 Å². The molecule has 0 amide bonds. The van der Waals surface area contributed by atoms with Crippen molar-refractivity contribution in [3.05, 3.63) is 12.7 Å². The zero-order valence-electron chi connectivity index (χ0n) is 16.8. The van der Waals surface area contributed by atoms with Gasteiger partial charge in [0.05, 0.1) is 6.61 Å². The minimum Gasteiger partial charge on any atom is -0.466 e. The van der Waals surface area contributed by atoms with E-state index in [1.54, 1.807) is 0 Å². The fourth-order valence-corrected chi connectivity index (χ4v) is 5.53. The number of allylic oxidation sites excluding steroid dienone is 1. The maximum Gasteiger partial charge on any atom is 0.302 e. The molecule has 3 heteroatoms. The summed E-state index contributed by atoms with van der Waals surface area (Å²) in [6.45, 7) is 6.08. The summed E-state index contributed by atoms with van der Waals surface area (Å²) in [4.78, 5) is 11.0. The number of aliphatic hydroxyl groups is 1. The summed E-state index contributed by atoms with van der Waals surface area (Å²) in [5.74, 6) is 3.84. The second kappa shape index (κ2) is 11.8. The highest BCUT2D eigenvalue weighted by Gasteiger charge is 2.33. The average Bonchev–Trinajstić information content (AvgIpc) is 2.66. The van der Waals surface area contributed by atoms with E-state index < -0.39 is 0 Å². The first-order chi connectivity index (χ1) is 12.6. The average molecular weight is 365 g/mol. The Labute approximate surface area is 160 Å². The van der Waals surface area contributed by atoms with E-state index in [9.17, 15) is 9.90 Å². The smallest absolute Gasteiger partial charge is 0.302 e. The van der Waals surface area contributed by atoms with Gasteiger partial charge < -0.3 is 9.84 Å². The first kappa shape index (κ1) is 21.5. The van der Waals surface area contributed by atoms with Crippen molar-refractivity contribution in [1.82, 2.24) is 0 Å². The predicted octanol–water partition coefficient (Wildman–Crippen LogP) is 5.52. The van der Waals surface area contributed by atoms with Gasteiger partial charge in [0.1, 0.15) is 0 Å². The second-order valence-corrected chi connectivity index (χ2v) is 8.72. The van der Waals surface area contributed by atoms with Crippen molar-refractivity contribution in [2.45, 2.75) is 84.0 Å². The number of aliphatic hydroxyl groups excluding tert-OH is 1. The van der Waals surface area contributed by atoms with E-state index in [4.69, 9.17) is 4.74 Å². The fourth-order valence-electron chi connectivity index (χ4n) is 5.53. The fraction of sp³-hybridized carbons (Fsp3) is 0.870. The molecule has 0 aliphatic heterocycles. The molecule has 1 atom stereocenters. The zero-order chi connectivity index (χ0) is 18.8. The summed E-state index contributed by atoms with van der Waals surface area (Å²) in [6, 6.07) is 0. The van der Waals surface area contributed by atoms with E-state index in [1.165, 1.54) is 71.1 Å². The third kappa shape index (κ3) is 7.06. The van der Waals surface area contributed by atoms with Crippen LogP contribution in [0.5, 0.6) is 0 Å². The number of esters is 1. The second-order valence-electron chi connectivity index (χ2n) is 8.72. The van der Waals surface area contributed by atoms with Crippen molar-refractivity contribution in [3.8, 4) is 0 Å². The molecule has 0 heterocycles. The van der Waals surface area contributed by atoms with Crippen LogP contribution in [0.3, 0.4) is 0 Å². The number of hydrogen-bond donors (Lipinski definition) is 1. The Morgan fingerprint density at radius 2 is 1.69 bits per heavy atom. The van der Waals surface area contributed by atoms with Crippen LogP contribution in [-0.4, -0.2) is 24.3 Å². The monoisotopic (exact) mass is 364 g/mol. The number of rotatable bonds is 10. The van der Waals surface area contributed by atoms with Crippen molar-refractivity contribution in [3.63, 3.8) is 0 Å². The van der Waals surface area contributed by atoms with Crippen LogP contribution >= 0.6 is 0 Å². The van der Waals surface area contributed by atoms with Gasteiger partial charge in [-0.1, -0.05) is 18.9 Å². The van der Waals surface area contributed by atoms with Crippen LogP contribution in [0.1, 0.15) is 84.0 Å². The molecular weight excluding hydrogens is 324 g/mol. The molecule has 3 nitrogen and oxygen atoms in total. The molecule has 0 aromatic heterocycles. The lowest BCUT2D eigenvalue weighted by molar-refractivity contribution is -0.141. The molecule has 2 saturated carbocycles. The highest BCUT2D eigenvalue weighted by atomic mass is 16.5. The Morgan fingerprint density at radius 3 is 2.23 bits per heavy atom. The molecule has 0 aromatic rings. The lowest BCUT2D eigenvalue weighted by atomic mass is 9.66. The van der Waals surface area contributed by atoms with Crippen molar-refractivity contribution < 1.29 is 14.6 Å². The minimum atomic E-state index is -0.194. The van der Waals surface area contributed by atoms with E-state index in [0.717, 1.165) is 30.6 Å². The minimum absolute atomic E-state index is 0.194. The van der Waals surface area contributed by atoms with Gasteiger partial charge in [-0.2, -0.15) is 0 Å². The Morgan fingerprint density at radius 1 is 1.08 bits per heavy atom. The van der Waals surface area contributed by atoms with Crippen LogP contribution in [0.15, 0.2) is 12.7 Å². The summed E-state index contributed by atoms with van der Waals surface area (Å²) >= 11 is 0. The Kier molecular flexibility index (Phi) is 9.74. The third-order valence-corrected chi connectivity index (χ3v) is 7.11. The van der Waals surface area contributed by atoms with Gasteiger partial charge in [-0.15, -0.1) is 6.58 Å². The standard InChI is InChI=1S/C23H40O3/c1-3-4-5-19-6-8-20(9-7-19)21-10-12-22(13-11-21)23(14-16-24)15-17-26-18(2)25/h3,19-24H,1,4-17H2,2H3. The van der Waals surface area contributed by atoms with Gasteiger partial charge in [-0.25, -0.2) is 0 Å². The molecule has 1 unspecified atom stereocenters. The van der Waals surface area contributed by atoms with Gasteiger partial charge in [0, 0.05) is 13.5 Å². The highest BCUT2D eigenvalue weighted by Crippen LogP contribution is 2.44. The molecule has 2 aliphatic rings. The van der Waals surface area contributed by atoms with Gasteiger partial charge in [0.2, 0.25) is 0 Å². The molecule has 0 radical (unpaired) electrons. The normalized spacial score (nSPS) is 30.5. The number of hydrogen-bond acceptors (Lipinski definition) is 3. The Bertz CT molecular complexity index is 404. The Hall–Kier alpha value is -0.830. The molecule has 26 heavy (non-hydrogen) atoms. The van der Waals surface area contributed by atoms with Crippen LogP contribution in [0.25, 0.3) is 0 Å². The van der Waals surface area contributed by atoms with Gasteiger partial charge in [-0.3, -0.25) is 4.79 Å². The van der Waals surface area contributed by atoms with Gasteiger partial charge in [0.15, 0.2) is 0 Å². The van der Waals surface area contributed by atoms with Crippen molar-refractivity contribution in [2.24, 2.45) is 29.6 Å². The van der Waals surface area contributed by atoms with Crippen LogP contribution in [0.4, 0.5) is 0 Å². The summed E-state index contributed by atoms with van der Waals surface area (Å²) in [6.07, 6.45) is 17.4. The van der Waals surface area contributed by atoms with Crippen LogP contribution in [0.2, 0.25) is 0 Å². The van der Waals surface area contributed by atoms with Gasteiger partial charge in [-0.05, 0) is 93.8 Å². The van der Waals surface area contributed by atoms with Crippen molar-refractivity contribution in [2.75, 3.05) is 13.2 Å². The van der Waals surface area contributed by atoms with E-state index in [1.807, 2.05) is 0 Å². The molecule has 2 fully saturated rings. The summed E-state index contributed by atoms with van der Waals surface area (Å²) in [5.41, 5.74) is 0. The molecule has 1 N–H and O–H groups in total. The van der Waals surface area contributed by atoms with Gasteiger partial charge >= 0.3 is 5.97 Å². The predicted molar refractivity (Wildman–Crippen MR) is 107 cm³/mol. The van der Waals surface area contributed by atoms with E-state index in [2.05, 4.69) is 12.7 Å². The molecule has 150 valence electrons. The number of ether oxygens (including phenoxy) is 1. The topological polar surface area (TPSA) is 46.5 Å².